The number of cyclic esters (lactones) is 1. The maximum absolute atomic E-state index is 13.4. The van der Waals surface area contributed by atoms with E-state index in [1.165, 1.54) is 12.3 Å². The molecule has 1 saturated heterocycles. The minimum atomic E-state index is -5.13. The van der Waals surface area contributed by atoms with Gasteiger partial charge in [-0.3, -0.25) is 4.90 Å². The molecule has 0 spiro atoms. The highest BCUT2D eigenvalue weighted by molar-refractivity contribution is 7.13. The molecule has 1 aliphatic heterocycles. The third-order valence-electron chi connectivity index (χ3n) is 6.05. The molecule has 1 N–H and O–H groups in total. The summed E-state index contributed by atoms with van der Waals surface area (Å²) in [7, 11) is 0. The Labute approximate surface area is 218 Å². The molecule has 1 fully saturated rings. The number of hydrogen-bond donors (Lipinski definition) is 1. The number of benzene rings is 2. The van der Waals surface area contributed by atoms with E-state index in [1.54, 1.807) is 0 Å². The second-order valence-corrected chi connectivity index (χ2v) is 9.54. The lowest BCUT2D eigenvalue weighted by atomic mass is 9.97. The number of carbonyl (C=O) groups is 1. The van der Waals surface area contributed by atoms with E-state index in [1.807, 2.05) is 0 Å². The number of halogens is 9. The molecule has 0 aliphatic carbocycles. The molecule has 0 saturated carbocycles. The van der Waals surface area contributed by atoms with Gasteiger partial charge in [0, 0.05) is 10.9 Å². The number of rotatable bonds is 5. The van der Waals surface area contributed by atoms with E-state index in [-0.39, 0.29) is 27.9 Å². The van der Waals surface area contributed by atoms with Gasteiger partial charge in [0.2, 0.25) is 0 Å². The number of aliphatic hydroxyl groups excluding tert-OH is 1. The SMILES string of the molecule is CC1[C@@H](c2cc(C(F)(F)F)cc(C(F)(F)F)c2)OC(=O)N1Cc1cc(C(F)(F)F)ccc1-c1nc(CO)cs1. The van der Waals surface area contributed by atoms with E-state index >= 15 is 0 Å². The van der Waals surface area contributed by atoms with E-state index in [0.29, 0.717) is 12.1 Å². The monoisotopic (exact) mass is 584 g/mol. The lowest BCUT2D eigenvalue weighted by Crippen LogP contribution is -2.32. The van der Waals surface area contributed by atoms with Crippen molar-refractivity contribution in [2.75, 3.05) is 0 Å². The lowest BCUT2D eigenvalue weighted by Gasteiger charge is -2.23. The van der Waals surface area contributed by atoms with Crippen molar-refractivity contribution in [1.82, 2.24) is 9.88 Å². The Bertz CT molecular complexity index is 1350. The fraction of sp³-hybridized carbons (Fsp3) is 0.333. The molecule has 4 rings (SSSR count). The number of aliphatic hydroxyl groups is 1. The molecule has 3 aromatic rings. The van der Waals surface area contributed by atoms with Crippen LogP contribution in [0.2, 0.25) is 0 Å². The van der Waals surface area contributed by atoms with Gasteiger partial charge in [0.15, 0.2) is 0 Å². The second-order valence-electron chi connectivity index (χ2n) is 8.68. The predicted octanol–water partition coefficient (Wildman–Crippen LogP) is 7.44. The van der Waals surface area contributed by atoms with E-state index < -0.39 is 72.2 Å². The van der Waals surface area contributed by atoms with Crippen molar-refractivity contribution in [2.45, 2.75) is 50.8 Å². The first-order valence-corrected chi connectivity index (χ1v) is 11.9. The zero-order chi connectivity index (χ0) is 28.9. The van der Waals surface area contributed by atoms with Crippen LogP contribution in [0.5, 0.6) is 0 Å². The molecule has 210 valence electrons. The first-order valence-electron chi connectivity index (χ1n) is 11.0. The molecule has 0 radical (unpaired) electrons. The number of amides is 1. The van der Waals surface area contributed by atoms with Crippen molar-refractivity contribution in [3.63, 3.8) is 0 Å². The number of alkyl halides is 9. The largest absolute Gasteiger partial charge is 0.439 e. The topological polar surface area (TPSA) is 62.7 Å². The molecule has 2 heterocycles. The Morgan fingerprint density at radius 3 is 2.03 bits per heavy atom. The first-order chi connectivity index (χ1) is 18.0. The Kier molecular flexibility index (Phi) is 7.36. The Morgan fingerprint density at radius 2 is 1.51 bits per heavy atom. The minimum Gasteiger partial charge on any atom is -0.439 e. The maximum atomic E-state index is 13.4. The molecule has 15 heteroatoms. The van der Waals surface area contributed by atoms with Crippen molar-refractivity contribution in [1.29, 1.82) is 0 Å². The molecule has 1 unspecified atom stereocenters. The number of nitrogens with zero attached hydrogens (tertiary/aromatic N) is 2. The number of hydrogen-bond acceptors (Lipinski definition) is 5. The summed E-state index contributed by atoms with van der Waals surface area (Å²) in [5.41, 5.74) is -4.43. The van der Waals surface area contributed by atoms with Gasteiger partial charge in [-0.25, -0.2) is 9.78 Å². The average molecular weight is 584 g/mol. The predicted molar refractivity (Wildman–Crippen MR) is 119 cm³/mol. The van der Waals surface area contributed by atoms with Gasteiger partial charge in [-0.15, -0.1) is 11.3 Å². The highest BCUT2D eigenvalue weighted by atomic mass is 32.1. The fourth-order valence-electron chi connectivity index (χ4n) is 4.10. The van der Waals surface area contributed by atoms with Gasteiger partial charge in [0.25, 0.3) is 0 Å². The Hall–Kier alpha value is -3.33. The molecule has 5 nitrogen and oxygen atoms in total. The lowest BCUT2D eigenvalue weighted by molar-refractivity contribution is -0.143. The summed E-state index contributed by atoms with van der Waals surface area (Å²) in [6.45, 7) is 0.346. The van der Waals surface area contributed by atoms with Crippen LogP contribution in [0, 0.1) is 0 Å². The zero-order valence-electron chi connectivity index (χ0n) is 19.6. The number of ether oxygens (including phenoxy) is 1. The first kappa shape index (κ1) is 28.7. The van der Waals surface area contributed by atoms with E-state index in [2.05, 4.69) is 4.98 Å². The molecular weight excluding hydrogens is 567 g/mol. The summed E-state index contributed by atoms with van der Waals surface area (Å²) in [5.74, 6) is 0. The highest BCUT2D eigenvalue weighted by Crippen LogP contribution is 2.42. The van der Waals surface area contributed by atoms with Crippen LogP contribution >= 0.6 is 11.3 Å². The van der Waals surface area contributed by atoms with Gasteiger partial charge >= 0.3 is 24.6 Å². The molecule has 0 bridgehead atoms. The average Bonchev–Trinajstić information content (AvgIpc) is 3.42. The second kappa shape index (κ2) is 10.0. The fourth-order valence-corrected chi connectivity index (χ4v) is 4.97. The third-order valence-corrected chi connectivity index (χ3v) is 6.97. The molecule has 1 aromatic heterocycles. The van der Waals surface area contributed by atoms with E-state index in [4.69, 9.17) is 4.74 Å². The minimum absolute atomic E-state index is 0.0480. The van der Waals surface area contributed by atoms with Crippen LogP contribution in [0.1, 0.15) is 46.5 Å². The Morgan fingerprint density at radius 1 is 0.923 bits per heavy atom. The normalized spacial score (nSPS) is 18.5. The summed E-state index contributed by atoms with van der Waals surface area (Å²) in [5, 5.41) is 11.0. The van der Waals surface area contributed by atoms with E-state index in [0.717, 1.165) is 34.4 Å². The zero-order valence-corrected chi connectivity index (χ0v) is 20.4. The van der Waals surface area contributed by atoms with Crippen molar-refractivity contribution in [2.24, 2.45) is 0 Å². The number of carbonyl (C=O) groups excluding carboxylic acids is 1. The van der Waals surface area contributed by atoms with Gasteiger partial charge in [0.1, 0.15) is 11.1 Å². The van der Waals surface area contributed by atoms with Crippen LogP contribution in [-0.2, 0) is 36.4 Å². The van der Waals surface area contributed by atoms with Crippen LogP contribution in [0.15, 0.2) is 41.8 Å². The van der Waals surface area contributed by atoms with Crippen LogP contribution in [-0.4, -0.2) is 27.1 Å². The molecule has 1 amide bonds. The van der Waals surface area contributed by atoms with Gasteiger partial charge in [-0.05, 0) is 48.4 Å². The van der Waals surface area contributed by atoms with E-state index in [9.17, 15) is 49.4 Å². The van der Waals surface area contributed by atoms with Gasteiger partial charge < -0.3 is 9.84 Å². The van der Waals surface area contributed by atoms with Crippen molar-refractivity contribution >= 4 is 17.4 Å². The quantitative estimate of drug-likeness (QED) is 0.317. The summed E-state index contributed by atoms with van der Waals surface area (Å²) in [6, 6.07) is 2.36. The standard InChI is InChI=1S/C24H17F9N2O3S/c1-11-19(12-4-15(23(28,29)30)7-16(5-12)24(31,32)33)38-21(37)35(11)8-13-6-14(22(25,26)27)2-3-18(13)20-34-17(9-36)10-39-20/h2-7,10-11,19,36H,8-9H2,1H3/t11?,19-/m0/s1. The van der Waals surface area contributed by atoms with Crippen molar-refractivity contribution in [3.05, 3.63) is 75.3 Å². The molecule has 39 heavy (non-hydrogen) atoms. The summed E-state index contributed by atoms with van der Waals surface area (Å²) < 4.78 is 125. The van der Waals surface area contributed by atoms with Crippen LogP contribution in [0.3, 0.4) is 0 Å². The molecule has 1 aliphatic rings. The molecule has 2 aromatic carbocycles. The third kappa shape index (κ3) is 5.98. The van der Waals surface area contributed by atoms with Gasteiger partial charge in [-0.2, -0.15) is 39.5 Å². The maximum Gasteiger partial charge on any atom is 0.416 e. The highest BCUT2D eigenvalue weighted by Gasteiger charge is 2.43. The van der Waals surface area contributed by atoms with Crippen LogP contribution in [0.25, 0.3) is 10.6 Å². The number of thiazole rings is 1. The summed E-state index contributed by atoms with van der Waals surface area (Å²) in [4.78, 5) is 17.8. The van der Waals surface area contributed by atoms with Crippen LogP contribution < -0.4 is 0 Å². The van der Waals surface area contributed by atoms with Crippen molar-refractivity contribution in [3.8, 4) is 10.6 Å². The van der Waals surface area contributed by atoms with Gasteiger partial charge in [0.05, 0.1) is 41.6 Å². The van der Waals surface area contributed by atoms with Gasteiger partial charge in [-0.1, -0.05) is 6.07 Å². The number of aromatic nitrogens is 1. The molecular formula is C24H17F9N2O3S. The summed E-state index contributed by atoms with van der Waals surface area (Å²) >= 11 is 1.02. The van der Waals surface area contributed by atoms with Crippen molar-refractivity contribution < 1.29 is 54.2 Å². The van der Waals surface area contributed by atoms with Crippen LogP contribution in [0.4, 0.5) is 44.3 Å². The smallest absolute Gasteiger partial charge is 0.416 e. The molecule has 2 atom stereocenters. The summed E-state index contributed by atoms with van der Waals surface area (Å²) in [6.07, 6.45) is -17.7. The Balaban J connectivity index is 1.73.